The molecule has 3 atom stereocenters. The minimum absolute atomic E-state index is 0.0329. The van der Waals surface area contributed by atoms with Gasteiger partial charge in [-0.3, -0.25) is 19.2 Å². The Balaban J connectivity index is 1.49. The number of nitrogens with one attached hydrogen (secondary N) is 4. The number of Topliss-reactive ketones (excluding diaryl/α,β-unsaturated/α-hetero) is 1. The van der Waals surface area contributed by atoms with Gasteiger partial charge in [0.1, 0.15) is 11.6 Å². The molecule has 5 N–H and O–H groups in total. The standard InChI is InChI=1S/C29H47N5O7S/c1-2-29(20-10-5-3-6-11-20,33-27(39)32-28(19-42(40)41)15-7-4-8-16-28)26(38)34-17-9-12-22(34)24(36)30-18-23(35)25(37)31-21-13-14-21/h20-22H,2-19H2,1H3,(H,30,36)(H,31,37)(H,40,41)(H2,32,33,39)/t22-,29-/m0/s1. The van der Waals surface area contributed by atoms with Gasteiger partial charge >= 0.3 is 6.03 Å². The van der Waals surface area contributed by atoms with Gasteiger partial charge in [0.15, 0.2) is 11.1 Å². The van der Waals surface area contributed by atoms with Crippen LogP contribution in [0.5, 0.6) is 0 Å². The van der Waals surface area contributed by atoms with Gasteiger partial charge in [-0.25, -0.2) is 9.00 Å². The zero-order valence-corrected chi connectivity index (χ0v) is 25.5. The predicted molar refractivity (Wildman–Crippen MR) is 157 cm³/mol. The van der Waals surface area contributed by atoms with Crippen LogP contribution in [0.4, 0.5) is 4.79 Å². The summed E-state index contributed by atoms with van der Waals surface area (Å²) in [4.78, 5) is 67.1. The highest BCUT2D eigenvalue weighted by molar-refractivity contribution is 7.79. The number of hydrogen-bond donors (Lipinski definition) is 5. The molecule has 4 aliphatic rings. The van der Waals surface area contributed by atoms with E-state index in [4.69, 9.17) is 0 Å². The summed E-state index contributed by atoms with van der Waals surface area (Å²) in [7, 11) is 0. The number of carbonyl (C=O) groups is 5. The number of rotatable bonds is 12. The Bertz CT molecular complexity index is 1050. The van der Waals surface area contributed by atoms with Gasteiger partial charge < -0.3 is 30.7 Å². The third-order valence-electron chi connectivity index (χ3n) is 9.57. The predicted octanol–water partition coefficient (Wildman–Crippen LogP) is 1.89. The molecule has 4 fully saturated rings. The molecule has 1 unspecified atom stereocenters. The molecule has 1 aliphatic heterocycles. The molecule has 0 bridgehead atoms. The van der Waals surface area contributed by atoms with Crippen LogP contribution in [0.3, 0.4) is 0 Å². The molecule has 5 amide bonds. The number of carbonyl (C=O) groups excluding carboxylic acids is 5. The van der Waals surface area contributed by atoms with Crippen LogP contribution in [0.2, 0.25) is 0 Å². The number of nitrogens with zero attached hydrogens (tertiary/aromatic N) is 1. The van der Waals surface area contributed by atoms with Crippen LogP contribution >= 0.6 is 0 Å². The maximum Gasteiger partial charge on any atom is 0.316 e. The first kappa shape index (κ1) is 32.4. The summed E-state index contributed by atoms with van der Waals surface area (Å²) in [6.07, 6.45) is 11.4. The lowest BCUT2D eigenvalue weighted by Gasteiger charge is -2.45. The molecular formula is C29H47N5O7S. The summed E-state index contributed by atoms with van der Waals surface area (Å²) in [5.41, 5.74) is -2.06. The van der Waals surface area contributed by atoms with Crippen LogP contribution in [0.25, 0.3) is 0 Å². The molecule has 12 nitrogen and oxygen atoms in total. The quantitative estimate of drug-likeness (QED) is 0.166. The fraction of sp³-hybridized carbons (Fsp3) is 0.828. The smallest absolute Gasteiger partial charge is 0.316 e. The van der Waals surface area contributed by atoms with Gasteiger partial charge in [-0.1, -0.05) is 45.4 Å². The Morgan fingerprint density at radius 1 is 0.929 bits per heavy atom. The molecule has 13 heteroatoms. The summed E-state index contributed by atoms with van der Waals surface area (Å²) in [5.74, 6) is -2.43. The normalized spacial score (nSPS) is 24.6. The van der Waals surface area contributed by atoms with Crippen molar-refractivity contribution in [3.63, 3.8) is 0 Å². The van der Waals surface area contributed by atoms with Crippen molar-refractivity contribution >= 4 is 40.6 Å². The molecular weight excluding hydrogens is 562 g/mol. The molecule has 4 rings (SSSR count). The number of amides is 5. The van der Waals surface area contributed by atoms with Crippen LogP contribution in [-0.2, 0) is 30.3 Å². The average molecular weight is 610 g/mol. The molecule has 0 aromatic heterocycles. The van der Waals surface area contributed by atoms with Crippen molar-refractivity contribution in [1.82, 2.24) is 26.2 Å². The molecule has 3 aliphatic carbocycles. The second-order valence-corrected chi connectivity index (χ2v) is 13.5. The summed E-state index contributed by atoms with van der Waals surface area (Å²) in [6.45, 7) is 1.78. The average Bonchev–Trinajstić information content (AvgIpc) is 3.65. The molecule has 0 aromatic rings. The molecule has 0 spiro atoms. The van der Waals surface area contributed by atoms with Crippen LogP contribution in [0, 0.1) is 5.92 Å². The first-order chi connectivity index (χ1) is 20.1. The molecule has 1 heterocycles. The van der Waals surface area contributed by atoms with E-state index in [1.807, 2.05) is 6.92 Å². The Labute approximate surface area is 250 Å². The van der Waals surface area contributed by atoms with E-state index in [1.165, 1.54) is 4.90 Å². The minimum atomic E-state index is -2.09. The van der Waals surface area contributed by atoms with E-state index in [-0.39, 0.29) is 23.6 Å². The second-order valence-electron chi connectivity index (χ2n) is 12.6. The summed E-state index contributed by atoms with van der Waals surface area (Å²) < 4.78 is 21.5. The van der Waals surface area contributed by atoms with Crippen molar-refractivity contribution in [3.05, 3.63) is 0 Å². The van der Waals surface area contributed by atoms with E-state index in [9.17, 15) is 32.7 Å². The van der Waals surface area contributed by atoms with Crippen LogP contribution < -0.4 is 21.3 Å². The number of likely N-dealkylation sites (tertiary alicyclic amines) is 1. The zero-order chi connectivity index (χ0) is 30.3. The minimum Gasteiger partial charge on any atom is -0.347 e. The number of hydrogen-bond acceptors (Lipinski definition) is 6. The van der Waals surface area contributed by atoms with Crippen molar-refractivity contribution in [2.45, 2.75) is 126 Å². The summed E-state index contributed by atoms with van der Waals surface area (Å²) >= 11 is -2.09. The monoisotopic (exact) mass is 609 g/mol. The Morgan fingerprint density at radius 3 is 2.21 bits per heavy atom. The second kappa shape index (κ2) is 14.3. The highest BCUT2D eigenvalue weighted by atomic mass is 32.2. The SMILES string of the molecule is CC[C@@](NC(=O)NC1(CS(=O)O)CCCCC1)(C(=O)N1CCC[C@H]1C(=O)NCC(=O)C(=O)NC1CC1)C1CCCCC1. The van der Waals surface area contributed by atoms with Crippen LogP contribution in [-0.4, -0.2) is 85.2 Å². The first-order valence-corrected chi connectivity index (χ1v) is 17.0. The maximum absolute atomic E-state index is 14.5. The highest BCUT2D eigenvalue weighted by Gasteiger charge is 2.51. The van der Waals surface area contributed by atoms with Gasteiger partial charge in [-0.2, -0.15) is 0 Å². The summed E-state index contributed by atoms with van der Waals surface area (Å²) in [5, 5.41) is 11.2. The van der Waals surface area contributed by atoms with Crippen molar-refractivity contribution < 1.29 is 32.7 Å². The van der Waals surface area contributed by atoms with Gasteiger partial charge in [-0.15, -0.1) is 0 Å². The third kappa shape index (κ3) is 7.89. The highest BCUT2D eigenvalue weighted by Crippen LogP contribution is 2.38. The molecule has 1 saturated heterocycles. The van der Waals surface area contributed by atoms with Gasteiger partial charge in [0.25, 0.3) is 5.91 Å². The van der Waals surface area contributed by atoms with E-state index < -0.39 is 58.4 Å². The topological polar surface area (TPSA) is 174 Å². The lowest BCUT2D eigenvalue weighted by Crippen LogP contribution is -2.68. The van der Waals surface area contributed by atoms with Gasteiger partial charge in [0, 0.05) is 12.6 Å². The van der Waals surface area contributed by atoms with Crippen LogP contribution in [0.15, 0.2) is 0 Å². The van der Waals surface area contributed by atoms with E-state index in [1.54, 1.807) is 0 Å². The van der Waals surface area contributed by atoms with Gasteiger partial charge in [0.05, 0.1) is 17.8 Å². The van der Waals surface area contributed by atoms with Crippen LogP contribution in [0.1, 0.15) is 103 Å². The number of ketones is 1. The Morgan fingerprint density at radius 2 is 1.60 bits per heavy atom. The van der Waals surface area contributed by atoms with Crippen molar-refractivity contribution in [3.8, 4) is 0 Å². The van der Waals surface area contributed by atoms with Crippen molar-refractivity contribution in [2.24, 2.45) is 5.92 Å². The zero-order valence-electron chi connectivity index (χ0n) is 24.7. The lowest BCUT2D eigenvalue weighted by atomic mass is 9.72. The lowest BCUT2D eigenvalue weighted by molar-refractivity contribution is -0.146. The largest absolute Gasteiger partial charge is 0.347 e. The number of urea groups is 1. The molecule has 3 saturated carbocycles. The van der Waals surface area contributed by atoms with E-state index in [0.29, 0.717) is 38.6 Å². The summed E-state index contributed by atoms with van der Waals surface area (Å²) in [6, 6.07) is -1.31. The van der Waals surface area contributed by atoms with Gasteiger partial charge in [0.2, 0.25) is 17.6 Å². The van der Waals surface area contributed by atoms with Crippen molar-refractivity contribution in [1.29, 1.82) is 0 Å². The fourth-order valence-corrected chi connectivity index (χ4v) is 7.93. The van der Waals surface area contributed by atoms with E-state index >= 15 is 0 Å². The third-order valence-corrected chi connectivity index (χ3v) is 10.4. The first-order valence-electron chi connectivity index (χ1n) is 15.7. The Kier molecular flexibility index (Phi) is 11.0. The van der Waals surface area contributed by atoms with E-state index in [2.05, 4.69) is 21.3 Å². The van der Waals surface area contributed by atoms with E-state index in [0.717, 1.165) is 64.2 Å². The molecule has 236 valence electrons. The molecule has 0 aromatic carbocycles. The molecule has 42 heavy (non-hydrogen) atoms. The van der Waals surface area contributed by atoms with Crippen molar-refractivity contribution in [2.75, 3.05) is 18.8 Å². The fourth-order valence-electron chi connectivity index (χ4n) is 7.10. The Hall–Kier alpha value is -2.54. The molecule has 0 radical (unpaired) electrons. The maximum atomic E-state index is 14.5. The van der Waals surface area contributed by atoms with Gasteiger partial charge in [-0.05, 0) is 63.7 Å².